The first-order valence-corrected chi connectivity index (χ1v) is 6.74. The van der Waals surface area contributed by atoms with E-state index in [1.54, 1.807) is 0 Å². The molecule has 3 aliphatic carbocycles. The van der Waals surface area contributed by atoms with Gasteiger partial charge in [-0.05, 0) is 43.1 Å². The Morgan fingerprint density at radius 3 is 2.61 bits per heavy atom. The summed E-state index contributed by atoms with van der Waals surface area (Å²) in [5.74, 6) is -0.269. The lowest BCUT2D eigenvalue weighted by atomic mass is 9.79. The van der Waals surface area contributed by atoms with Gasteiger partial charge in [0.1, 0.15) is 0 Å². The Morgan fingerprint density at radius 1 is 1.33 bits per heavy atom. The van der Waals surface area contributed by atoms with Crippen molar-refractivity contribution in [1.29, 1.82) is 0 Å². The fourth-order valence-electron chi connectivity index (χ4n) is 4.35. The lowest BCUT2D eigenvalue weighted by Crippen LogP contribution is -2.27. The largest absolute Gasteiger partial charge is 0.481 e. The lowest BCUT2D eigenvalue weighted by Gasteiger charge is -2.25. The number of allylic oxidation sites excluding steroid dienone is 2. The van der Waals surface area contributed by atoms with Gasteiger partial charge < -0.3 is 5.11 Å². The fourth-order valence-corrected chi connectivity index (χ4v) is 4.35. The highest BCUT2D eigenvalue weighted by atomic mass is 16.4. The maximum atomic E-state index is 11.9. The van der Waals surface area contributed by atoms with E-state index in [0.29, 0.717) is 6.42 Å². The zero-order valence-electron chi connectivity index (χ0n) is 11.2. The van der Waals surface area contributed by atoms with Gasteiger partial charge in [0.05, 0.1) is 5.41 Å². The third-order valence-corrected chi connectivity index (χ3v) is 5.35. The van der Waals surface area contributed by atoms with E-state index < -0.39 is 11.4 Å². The normalized spacial score (nSPS) is 41.2. The molecule has 0 saturated heterocycles. The number of carboxylic acid groups (broad SMARTS) is 1. The summed E-state index contributed by atoms with van der Waals surface area (Å²) in [6, 6.07) is 0. The highest BCUT2D eigenvalue weighted by molar-refractivity contribution is 6.00. The zero-order chi connectivity index (χ0) is 13.3. The van der Waals surface area contributed by atoms with Crippen molar-refractivity contribution in [3.05, 3.63) is 11.1 Å². The molecule has 1 unspecified atom stereocenters. The van der Waals surface area contributed by atoms with E-state index in [-0.39, 0.29) is 23.0 Å². The molecule has 3 rings (SSSR count). The maximum Gasteiger partial charge on any atom is 0.310 e. The number of rotatable bonds is 1. The second-order valence-corrected chi connectivity index (χ2v) is 7.12. The number of hydrogen-bond donors (Lipinski definition) is 1. The van der Waals surface area contributed by atoms with E-state index in [1.807, 2.05) is 6.92 Å². The van der Waals surface area contributed by atoms with Crippen LogP contribution in [0.25, 0.3) is 0 Å². The van der Waals surface area contributed by atoms with E-state index in [4.69, 9.17) is 0 Å². The quantitative estimate of drug-likeness (QED) is 0.776. The summed E-state index contributed by atoms with van der Waals surface area (Å²) < 4.78 is 0. The van der Waals surface area contributed by atoms with Crippen LogP contribution < -0.4 is 0 Å². The Bertz CT molecular complexity index is 486. The van der Waals surface area contributed by atoms with Crippen LogP contribution in [0.15, 0.2) is 11.1 Å². The second kappa shape index (κ2) is 3.25. The van der Waals surface area contributed by atoms with Gasteiger partial charge in [-0.3, -0.25) is 9.59 Å². The van der Waals surface area contributed by atoms with Crippen molar-refractivity contribution >= 4 is 11.8 Å². The van der Waals surface area contributed by atoms with Crippen LogP contribution in [0.1, 0.15) is 46.5 Å². The molecule has 0 bridgehead atoms. The van der Waals surface area contributed by atoms with E-state index in [1.165, 1.54) is 0 Å². The van der Waals surface area contributed by atoms with Crippen molar-refractivity contribution in [2.45, 2.75) is 46.5 Å². The summed E-state index contributed by atoms with van der Waals surface area (Å²) in [6.45, 7) is 6.28. The van der Waals surface area contributed by atoms with Gasteiger partial charge >= 0.3 is 5.97 Å². The molecule has 98 valence electrons. The van der Waals surface area contributed by atoms with Gasteiger partial charge in [0.2, 0.25) is 0 Å². The van der Waals surface area contributed by atoms with E-state index in [2.05, 4.69) is 13.8 Å². The monoisotopic (exact) mass is 248 g/mol. The van der Waals surface area contributed by atoms with Crippen LogP contribution in [-0.4, -0.2) is 16.9 Å². The van der Waals surface area contributed by atoms with Crippen molar-refractivity contribution in [2.75, 3.05) is 0 Å². The number of fused-ring (bicyclic) bond motifs is 3. The van der Waals surface area contributed by atoms with Gasteiger partial charge in [-0.15, -0.1) is 0 Å². The van der Waals surface area contributed by atoms with Crippen molar-refractivity contribution in [2.24, 2.45) is 22.7 Å². The van der Waals surface area contributed by atoms with Crippen LogP contribution in [-0.2, 0) is 9.59 Å². The number of Topliss-reactive ketones (excluding diaryl/α,β-unsaturated/α-hetero) is 1. The minimum atomic E-state index is -0.685. The van der Waals surface area contributed by atoms with Gasteiger partial charge in [-0.1, -0.05) is 19.4 Å². The zero-order valence-corrected chi connectivity index (χ0v) is 11.2. The van der Waals surface area contributed by atoms with E-state index >= 15 is 0 Å². The first kappa shape index (κ1) is 11.9. The molecule has 3 aliphatic rings. The Labute approximate surface area is 107 Å². The number of carboxylic acids is 1. The fraction of sp³-hybridized carbons (Fsp3) is 0.733. The van der Waals surface area contributed by atoms with Crippen LogP contribution in [0, 0.1) is 22.7 Å². The third kappa shape index (κ3) is 1.36. The number of ketones is 1. The molecular weight excluding hydrogens is 228 g/mol. The molecule has 2 fully saturated rings. The number of aliphatic carboxylic acids is 1. The lowest BCUT2D eigenvalue weighted by molar-refractivity contribution is -0.145. The van der Waals surface area contributed by atoms with Crippen molar-refractivity contribution < 1.29 is 14.7 Å². The molecule has 3 heteroatoms. The van der Waals surface area contributed by atoms with Gasteiger partial charge in [0.15, 0.2) is 5.78 Å². The average Bonchev–Trinajstić information content (AvgIpc) is 2.89. The van der Waals surface area contributed by atoms with Crippen molar-refractivity contribution in [1.82, 2.24) is 0 Å². The molecular formula is C15H20O3. The van der Waals surface area contributed by atoms with Crippen LogP contribution in [0.3, 0.4) is 0 Å². The Kier molecular flexibility index (Phi) is 2.16. The van der Waals surface area contributed by atoms with Crippen molar-refractivity contribution in [3.8, 4) is 0 Å². The predicted molar refractivity (Wildman–Crippen MR) is 67.0 cm³/mol. The summed E-state index contributed by atoms with van der Waals surface area (Å²) in [6.07, 6.45) is 3.06. The number of hydrogen-bond acceptors (Lipinski definition) is 2. The molecule has 0 spiro atoms. The Hall–Kier alpha value is -1.12. The highest BCUT2D eigenvalue weighted by Crippen LogP contribution is 2.69. The van der Waals surface area contributed by atoms with Crippen LogP contribution in [0.2, 0.25) is 0 Å². The first-order chi connectivity index (χ1) is 8.28. The maximum absolute atomic E-state index is 11.9. The predicted octanol–water partition coefficient (Wildman–Crippen LogP) is 2.80. The van der Waals surface area contributed by atoms with Gasteiger partial charge in [-0.25, -0.2) is 0 Å². The second-order valence-electron chi connectivity index (χ2n) is 7.12. The highest BCUT2D eigenvalue weighted by Gasteiger charge is 2.68. The molecule has 0 aromatic carbocycles. The number of carbonyl (C=O) groups excluding carboxylic acids is 1. The van der Waals surface area contributed by atoms with Gasteiger partial charge in [0, 0.05) is 12.3 Å². The van der Waals surface area contributed by atoms with Gasteiger partial charge in [0.25, 0.3) is 0 Å². The van der Waals surface area contributed by atoms with E-state index in [0.717, 1.165) is 30.4 Å². The summed E-state index contributed by atoms with van der Waals surface area (Å²) in [5, 5.41) is 9.62. The molecule has 0 aromatic heterocycles. The average molecular weight is 248 g/mol. The molecule has 0 radical (unpaired) electrons. The summed E-state index contributed by atoms with van der Waals surface area (Å²) in [5.41, 5.74) is 1.50. The summed E-state index contributed by atoms with van der Waals surface area (Å²) >= 11 is 0. The minimum absolute atomic E-state index is 0.0192. The van der Waals surface area contributed by atoms with Crippen molar-refractivity contribution in [3.63, 3.8) is 0 Å². The standard InChI is InChI=1S/C15H20O3/c1-8-10-7-14(2,3)5-9-6-15(9,13(17)18)11(10)4-12(8)16/h9,11H,4-7H2,1-3H3,(H,17,18)/t9-,11+,15?/m0/s1. The number of carbonyl (C=O) groups is 2. The molecule has 0 heterocycles. The molecule has 0 aliphatic heterocycles. The Morgan fingerprint density at radius 2 is 2.00 bits per heavy atom. The smallest absolute Gasteiger partial charge is 0.310 e. The topological polar surface area (TPSA) is 54.4 Å². The minimum Gasteiger partial charge on any atom is -0.481 e. The first-order valence-electron chi connectivity index (χ1n) is 6.74. The molecule has 2 saturated carbocycles. The Balaban J connectivity index is 2.11. The van der Waals surface area contributed by atoms with Gasteiger partial charge in [-0.2, -0.15) is 0 Å². The van der Waals surface area contributed by atoms with Crippen LogP contribution in [0.4, 0.5) is 0 Å². The van der Waals surface area contributed by atoms with Crippen LogP contribution >= 0.6 is 0 Å². The molecule has 0 amide bonds. The molecule has 3 nitrogen and oxygen atoms in total. The summed E-state index contributed by atoms with van der Waals surface area (Å²) in [4.78, 5) is 23.6. The SMILES string of the molecule is CC1=C2CC(C)(C)C[C@H]3CC3(C(=O)O)[C@@H]2CC1=O. The molecule has 3 atom stereocenters. The summed E-state index contributed by atoms with van der Waals surface area (Å²) in [7, 11) is 0. The van der Waals surface area contributed by atoms with E-state index in [9.17, 15) is 14.7 Å². The molecule has 18 heavy (non-hydrogen) atoms. The third-order valence-electron chi connectivity index (χ3n) is 5.35. The molecule has 1 N–H and O–H groups in total. The van der Waals surface area contributed by atoms with Crippen LogP contribution in [0.5, 0.6) is 0 Å². The molecule has 0 aromatic rings.